The predicted octanol–water partition coefficient (Wildman–Crippen LogP) is 4.34. The third-order valence-corrected chi connectivity index (χ3v) is 6.84. The van der Waals surface area contributed by atoms with Crippen molar-refractivity contribution in [1.82, 2.24) is 20.1 Å². The van der Waals surface area contributed by atoms with Gasteiger partial charge in [0.2, 0.25) is 5.91 Å². The summed E-state index contributed by atoms with van der Waals surface area (Å²) in [6.07, 6.45) is 5.01. The van der Waals surface area contributed by atoms with Gasteiger partial charge in [0, 0.05) is 17.3 Å². The second-order valence-corrected chi connectivity index (χ2v) is 9.20. The number of para-hydroxylation sites is 1. The van der Waals surface area contributed by atoms with Gasteiger partial charge in [-0.2, -0.15) is 0 Å². The molecule has 0 atom stereocenters. The van der Waals surface area contributed by atoms with Crippen LogP contribution in [-0.2, 0) is 4.79 Å². The fraction of sp³-hybridized carbons (Fsp3) is 0.375. The summed E-state index contributed by atoms with van der Waals surface area (Å²) in [5.74, 6) is 3.34. The van der Waals surface area contributed by atoms with Crippen molar-refractivity contribution in [1.29, 1.82) is 0 Å². The van der Waals surface area contributed by atoms with Crippen LogP contribution in [0.2, 0.25) is 0 Å². The van der Waals surface area contributed by atoms with Crippen LogP contribution < -0.4 is 10.1 Å². The third-order valence-electron chi connectivity index (χ3n) is 5.92. The summed E-state index contributed by atoms with van der Waals surface area (Å²) in [6.45, 7) is 0. The number of hydrogen-bond acceptors (Lipinski definition) is 5. The van der Waals surface area contributed by atoms with Gasteiger partial charge in [-0.1, -0.05) is 30.0 Å². The van der Waals surface area contributed by atoms with Crippen LogP contribution in [0.3, 0.4) is 0 Å². The number of carbonyl (C=O) groups is 1. The van der Waals surface area contributed by atoms with Crippen LogP contribution in [-0.4, -0.2) is 39.6 Å². The van der Waals surface area contributed by atoms with E-state index in [1.54, 1.807) is 7.11 Å². The van der Waals surface area contributed by atoms with Crippen molar-refractivity contribution in [3.8, 4) is 22.8 Å². The summed E-state index contributed by atoms with van der Waals surface area (Å²) in [7, 11) is 1.65. The fourth-order valence-corrected chi connectivity index (χ4v) is 4.75. The molecule has 3 aromatic rings. The molecule has 2 aliphatic carbocycles. The molecule has 0 bridgehead atoms. The van der Waals surface area contributed by atoms with Crippen LogP contribution in [0.5, 0.6) is 5.75 Å². The number of ether oxygens (including phenoxy) is 1. The lowest BCUT2D eigenvalue weighted by Gasteiger charge is -2.17. The molecule has 1 heterocycles. The van der Waals surface area contributed by atoms with Crippen molar-refractivity contribution in [2.75, 3.05) is 12.9 Å². The molecular formula is C24H26N4O2S. The first kappa shape index (κ1) is 20.1. The molecule has 0 spiro atoms. The van der Waals surface area contributed by atoms with E-state index in [0.29, 0.717) is 28.8 Å². The number of rotatable bonds is 9. The normalized spacial score (nSPS) is 15.8. The molecule has 0 radical (unpaired) electrons. The number of methoxy groups -OCH3 is 1. The van der Waals surface area contributed by atoms with Crippen molar-refractivity contribution in [2.45, 2.75) is 36.9 Å². The summed E-state index contributed by atoms with van der Waals surface area (Å²) in [5.41, 5.74) is 1.91. The first-order valence-electron chi connectivity index (χ1n) is 10.8. The summed E-state index contributed by atoms with van der Waals surface area (Å²) < 4.78 is 7.29. The number of hydrogen-bond donors (Lipinski definition) is 1. The summed E-state index contributed by atoms with van der Waals surface area (Å²) in [5, 5.41) is 12.9. The van der Waals surface area contributed by atoms with Gasteiger partial charge in [-0.3, -0.25) is 9.36 Å². The number of thioether (sulfide) groups is 1. The van der Waals surface area contributed by atoms with Gasteiger partial charge in [0.25, 0.3) is 0 Å². The first-order valence-corrected chi connectivity index (χ1v) is 11.8. The van der Waals surface area contributed by atoms with Gasteiger partial charge in [-0.05, 0) is 73.9 Å². The minimum absolute atomic E-state index is 0.0856. The Morgan fingerprint density at radius 3 is 2.35 bits per heavy atom. The third kappa shape index (κ3) is 4.61. The number of nitrogens with one attached hydrogen (secondary N) is 1. The summed E-state index contributed by atoms with van der Waals surface area (Å²) in [4.78, 5) is 12.7. The molecule has 2 aliphatic rings. The molecule has 0 unspecified atom stereocenters. The standard InChI is InChI=1S/C24H26N4O2S/c1-30-20-13-11-18(12-14-20)23-26-27-24(28(23)19-5-3-2-4-6-19)31-15-21(29)25-22(16-7-8-16)17-9-10-17/h2-6,11-14,16-17,22H,7-10,15H2,1H3,(H,25,29). The molecule has 160 valence electrons. The second kappa shape index (κ2) is 8.75. The van der Waals surface area contributed by atoms with E-state index in [-0.39, 0.29) is 5.91 Å². The van der Waals surface area contributed by atoms with E-state index in [9.17, 15) is 4.79 Å². The van der Waals surface area contributed by atoms with E-state index < -0.39 is 0 Å². The zero-order valence-corrected chi connectivity index (χ0v) is 18.3. The van der Waals surface area contributed by atoms with Crippen molar-refractivity contribution < 1.29 is 9.53 Å². The number of benzene rings is 2. The van der Waals surface area contributed by atoms with Crippen LogP contribution in [0.15, 0.2) is 59.8 Å². The van der Waals surface area contributed by atoms with Gasteiger partial charge in [-0.25, -0.2) is 0 Å². The van der Waals surface area contributed by atoms with Crippen LogP contribution >= 0.6 is 11.8 Å². The highest BCUT2D eigenvalue weighted by atomic mass is 32.2. The number of amides is 1. The molecule has 0 saturated heterocycles. The second-order valence-electron chi connectivity index (χ2n) is 8.26. The first-order chi connectivity index (χ1) is 15.2. The Morgan fingerprint density at radius 1 is 1.06 bits per heavy atom. The summed E-state index contributed by atoms with van der Waals surface area (Å²) >= 11 is 1.43. The van der Waals surface area contributed by atoms with Crippen molar-refractivity contribution in [2.24, 2.45) is 11.8 Å². The average Bonchev–Trinajstić information content (AvgIpc) is 3.74. The van der Waals surface area contributed by atoms with Gasteiger partial charge in [-0.15, -0.1) is 10.2 Å². The van der Waals surface area contributed by atoms with Crippen LogP contribution in [0.4, 0.5) is 0 Å². The maximum absolute atomic E-state index is 12.7. The predicted molar refractivity (Wildman–Crippen MR) is 121 cm³/mol. The van der Waals surface area contributed by atoms with E-state index in [0.717, 1.165) is 22.8 Å². The molecule has 7 heteroatoms. The van der Waals surface area contributed by atoms with Gasteiger partial charge >= 0.3 is 0 Å². The lowest BCUT2D eigenvalue weighted by molar-refractivity contribution is -0.119. The number of carbonyl (C=O) groups excluding carboxylic acids is 1. The van der Waals surface area contributed by atoms with Gasteiger partial charge in [0.1, 0.15) is 5.75 Å². The zero-order valence-electron chi connectivity index (χ0n) is 17.5. The van der Waals surface area contributed by atoms with E-state index in [1.165, 1.54) is 37.4 Å². The zero-order chi connectivity index (χ0) is 21.2. The Morgan fingerprint density at radius 2 is 1.74 bits per heavy atom. The highest BCUT2D eigenvalue weighted by Gasteiger charge is 2.42. The van der Waals surface area contributed by atoms with E-state index in [1.807, 2.05) is 59.2 Å². The Balaban J connectivity index is 1.36. The molecule has 5 rings (SSSR count). The van der Waals surface area contributed by atoms with E-state index in [4.69, 9.17) is 4.74 Å². The van der Waals surface area contributed by atoms with Crippen molar-refractivity contribution in [3.63, 3.8) is 0 Å². The molecule has 0 aliphatic heterocycles. The smallest absolute Gasteiger partial charge is 0.230 e. The maximum atomic E-state index is 12.7. The SMILES string of the molecule is COc1ccc(-c2nnc(SCC(=O)NC(C3CC3)C3CC3)n2-c2ccccc2)cc1. The number of nitrogens with zero attached hydrogens (tertiary/aromatic N) is 3. The molecule has 2 fully saturated rings. The molecule has 6 nitrogen and oxygen atoms in total. The highest BCUT2D eigenvalue weighted by molar-refractivity contribution is 7.99. The van der Waals surface area contributed by atoms with E-state index in [2.05, 4.69) is 15.5 Å². The Bertz CT molecular complexity index is 1030. The lowest BCUT2D eigenvalue weighted by atomic mass is 10.1. The summed E-state index contributed by atoms with van der Waals surface area (Å²) in [6, 6.07) is 18.2. The van der Waals surface area contributed by atoms with Crippen molar-refractivity contribution >= 4 is 17.7 Å². The Kier molecular flexibility index (Phi) is 5.68. The average molecular weight is 435 g/mol. The maximum Gasteiger partial charge on any atom is 0.230 e. The molecule has 1 aromatic heterocycles. The van der Waals surface area contributed by atoms with Crippen LogP contribution in [0, 0.1) is 11.8 Å². The molecule has 2 aromatic carbocycles. The Hall–Kier alpha value is -2.80. The molecule has 1 N–H and O–H groups in total. The molecule has 1 amide bonds. The van der Waals surface area contributed by atoms with E-state index >= 15 is 0 Å². The van der Waals surface area contributed by atoms with Crippen LogP contribution in [0.25, 0.3) is 17.1 Å². The lowest BCUT2D eigenvalue weighted by Crippen LogP contribution is -2.39. The minimum Gasteiger partial charge on any atom is -0.497 e. The molecular weight excluding hydrogens is 408 g/mol. The van der Waals surface area contributed by atoms with Gasteiger partial charge in [0.15, 0.2) is 11.0 Å². The Labute approximate surface area is 186 Å². The fourth-order valence-electron chi connectivity index (χ4n) is 3.99. The molecule has 2 saturated carbocycles. The minimum atomic E-state index is 0.0856. The van der Waals surface area contributed by atoms with Gasteiger partial charge < -0.3 is 10.1 Å². The van der Waals surface area contributed by atoms with Crippen molar-refractivity contribution in [3.05, 3.63) is 54.6 Å². The highest BCUT2D eigenvalue weighted by Crippen LogP contribution is 2.44. The largest absolute Gasteiger partial charge is 0.497 e. The number of aromatic nitrogens is 3. The topological polar surface area (TPSA) is 69.0 Å². The van der Waals surface area contributed by atoms with Crippen LogP contribution in [0.1, 0.15) is 25.7 Å². The van der Waals surface area contributed by atoms with Gasteiger partial charge in [0.05, 0.1) is 12.9 Å². The molecule has 31 heavy (non-hydrogen) atoms. The monoisotopic (exact) mass is 434 g/mol. The quantitative estimate of drug-likeness (QED) is 0.508.